The summed E-state index contributed by atoms with van der Waals surface area (Å²) in [6, 6.07) is 10.4. The number of hydrogen-bond donors (Lipinski definition) is 3. The largest absolute Gasteiger partial charge is 0.493 e. The van der Waals surface area contributed by atoms with E-state index in [0.29, 0.717) is 18.0 Å². The highest BCUT2D eigenvalue weighted by molar-refractivity contribution is 5.74. The standard InChI is InChI=1S/C23H30FN3O3/c1-5-25-23(28)26-15(2)22-19-13-21(30-4)20(29-3)12-17(19)10-11-27(22)14-16-6-8-18(24)9-7-16/h6-9,12-13,15,22H,5,10-11,14H2,1-4H3,(H2,25,26,28)/p+1/t15-,22-/m0/s1. The first kappa shape index (κ1) is 21.9. The van der Waals surface area contributed by atoms with Crippen LogP contribution in [0, 0.1) is 5.82 Å². The van der Waals surface area contributed by atoms with Crippen molar-refractivity contribution in [2.75, 3.05) is 27.3 Å². The Morgan fingerprint density at radius 2 is 1.87 bits per heavy atom. The maximum absolute atomic E-state index is 13.4. The van der Waals surface area contributed by atoms with Crippen LogP contribution >= 0.6 is 0 Å². The molecular weight excluding hydrogens is 385 g/mol. The molecule has 1 aliphatic rings. The summed E-state index contributed by atoms with van der Waals surface area (Å²) in [4.78, 5) is 13.5. The number of benzene rings is 2. The normalized spacial score (nSPS) is 18.8. The highest BCUT2D eigenvalue weighted by atomic mass is 19.1. The van der Waals surface area contributed by atoms with Gasteiger partial charge in [-0.05, 0) is 43.7 Å². The summed E-state index contributed by atoms with van der Waals surface area (Å²) in [7, 11) is 3.26. The number of quaternary nitrogens is 1. The molecule has 1 heterocycles. The molecule has 0 bridgehead atoms. The lowest BCUT2D eigenvalue weighted by Gasteiger charge is -2.38. The smallest absolute Gasteiger partial charge is 0.315 e. The molecule has 162 valence electrons. The van der Waals surface area contributed by atoms with Gasteiger partial charge in [-0.3, -0.25) is 0 Å². The van der Waals surface area contributed by atoms with Crippen LogP contribution in [0.5, 0.6) is 11.5 Å². The lowest BCUT2D eigenvalue weighted by molar-refractivity contribution is -0.948. The van der Waals surface area contributed by atoms with Crippen LogP contribution in [0.25, 0.3) is 0 Å². The number of carbonyl (C=O) groups is 1. The Morgan fingerprint density at radius 3 is 2.50 bits per heavy atom. The number of fused-ring (bicyclic) bond motifs is 1. The number of amides is 2. The van der Waals surface area contributed by atoms with Crippen molar-refractivity contribution in [2.24, 2.45) is 0 Å². The summed E-state index contributed by atoms with van der Waals surface area (Å²) in [5.41, 5.74) is 3.40. The van der Waals surface area contributed by atoms with E-state index >= 15 is 0 Å². The molecule has 1 unspecified atom stereocenters. The lowest BCUT2D eigenvalue weighted by atomic mass is 9.87. The molecule has 2 aromatic carbocycles. The third-order valence-corrected chi connectivity index (χ3v) is 5.68. The van der Waals surface area contributed by atoms with Crippen LogP contribution in [0.3, 0.4) is 0 Å². The van der Waals surface area contributed by atoms with E-state index in [1.807, 2.05) is 38.1 Å². The van der Waals surface area contributed by atoms with Gasteiger partial charge >= 0.3 is 6.03 Å². The summed E-state index contributed by atoms with van der Waals surface area (Å²) in [5.74, 6) is 1.15. The average molecular weight is 417 g/mol. The van der Waals surface area contributed by atoms with Crippen molar-refractivity contribution in [2.45, 2.75) is 38.9 Å². The Kier molecular flexibility index (Phi) is 7.15. The SMILES string of the molecule is CCNC(=O)N[C@@H](C)[C@H]1c2cc(OC)c(OC)cc2CC[NH+]1Cc1ccc(F)cc1. The lowest BCUT2D eigenvalue weighted by Crippen LogP contribution is -3.13. The summed E-state index contributed by atoms with van der Waals surface area (Å²) in [6.07, 6.45) is 0.886. The fraction of sp³-hybridized carbons (Fsp3) is 0.435. The number of methoxy groups -OCH3 is 2. The first-order chi connectivity index (χ1) is 14.5. The van der Waals surface area contributed by atoms with Crippen LogP contribution in [0.1, 0.15) is 36.6 Å². The van der Waals surface area contributed by atoms with Gasteiger partial charge in [-0.15, -0.1) is 0 Å². The van der Waals surface area contributed by atoms with Gasteiger partial charge in [-0.25, -0.2) is 9.18 Å². The van der Waals surface area contributed by atoms with E-state index in [2.05, 4.69) is 10.6 Å². The second-order valence-electron chi connectivity index (χ2n) is 7.64. The maximum atomic E-state index is 13.4. The molecule has 6 nitrogen and oxygen atoms in total. The summed E-state index contributed by atoms with van der Waals surface area (Å²) in [6.45, 7) is 6.11. The second kappa shape index (κ2) is 9.80. The fourth-order valence-electron chi connectivity index (χ4n) is 4.30. The van der Waals surface area contributed by atoms with Crippen molar-refractivity contribution in [3.8, 4) is 11.5 Å². The molecule has 3 atom stereocenters. The van der Waals surface area contributed by atoms with Crippen LogP contribution < -0.4 is 25.0 Å². The van der Waals surface area contributed by atoms with Crippen molar-refractivity contribution in [3.05, 3.63) is 58.9 Å². The zero-order valence-electron chi connectivity index (χ0n) is 18.0. The van der Waals surface area contributed by atoms with Crippen LogP contribution in [0.2, 0.25) is 0 Å². The van der Waals surface area contributed by atoms with Gasteiger partial charge in [-0.1, -0.05) is 12.1 Å². The zero-order chi connectivity index (χ0) is 21.7. The number of nitrogens with one attached hydrogen (secondary N) is 3. The number of carbonyl (C=O) groups excluding carboxylic acids is 1. The first-order valence-electron chi connectivity index (χ1n) is 10.3. The molecule has 0 aliphatic carbocycles. The molecular formula is C23H31FN3O3+. The Morgan fingerprint density at radius 1 is 1.20 bits per heavy atom. The monoisotopic (exact) mass is 416 g/mol. The quantitative estimate of drug-likeness (QED) is 0.649. The Balaban J connectivity index is 1.96. The average Bonchev–Trinajstić information content (AvgIpc) is 2.74. The minimum atomic E-state index is -0.239. The van der Waals surface area contributed by atoms with Gasteiger partial charge in [0.15, 0.2) is 11.5 Å². The van der Waals surface area contributed by atoms with E-state index in [1.165, 1.54) is 22.6 Å². The molecule has 0 aromatic heterocycles. The van der Waals surface area contributed by atoms with E-state index in [1.54, 1.807) is 14.2 Å². The molecule has 30 heavy (non-hydrogen) atoms. The molecule has 0 saturated heterocycles. The van der Waals surface area contributed by atoms with E-state index in [0.717, 1.165) is 30.6 Å². The number of hydrogen-bond acceptors (Lipinski definition) is 3. The number of halogens is 1. The molecule has 0 fully saturated rings. The van der Waals surface area contributed by atoms with Crippen molar-refractivity contribution in [3.63, 3.8) is 0 Å². The van der Waals surface area contributed by atoms with E-state index < -0.39 is 0 Å². The van der Waals surface area contributed by atoms with Gasteiger partial charge in [0, 0.05) is 24.1 Å². The summed E-state index contributed by atoms with van der Waals surface area (Å²) in [5, 5.41) is 5.88. The van der Waals surface area contributed by atoms with Crippen molar-refractivity contribution in [1.29, 1.82) is 0 Å². The Labute approximate surface area is 177 Å². The molecule has 2 aromatic rings. The molecule has 2 amide bonds. The van der Waals surface area contributed by atoms with E-state index in [-0.39, 0.29) is 23.9 Å². The Bertz CT molecular complexity index is 873. The first-order valence-corrected chi connectivity index (χ1v) is 10.3. The van der Waals surface area contributed by atoms with Crippen LogP contribution in [0.4, 0.5) is 9.18 Å². The third kappa shape index (κ3) is 4.84. The third-order valence-electron chi connectivity index (χ3n) is 5.68. The van der Waals surface area contributed by atoms with E-state index in [4.69, 9.17) is 9.47 Å². The van der Waals surface area contributed by atoms with Crippen LogP contribution in [-0.2, 0) is 13.0 Å². The van der Waals surface area contributed by atoms with E-state index in [9.17, 15) is 9.18 Å². The van der Waals surface area contributed by atoms with Crippen LogP contribution in [0.15, 0.2) is 36.4 Å². The molecule has 0 radical (unpaired) electrons. The molecule has 1 aliphatic heterocycles. The summed E-state index contributed by atoms with van der Waals surface area (Å²) >= 11 is 0. The van der Waals surface area contributed by atoms with Gasteiger partial charge in [0.2, 0.25) is 0 Å². The van der Waals surface area contributed by atoms with Gasteiger partial charge in [0.1, 0.15) is 18.4 Å². The fourth-order valence-corrected chi connectivity index (χ4v) is 4.30. The summed E-state index contributed by atoms with van der Waals surface area (Å²) < 4.78 is 24.4. The topological polar surface area (TPSA) is 64.0 Å². The van der Waals surface area contributed by atoms with Gasteiger partial charge < -0.3 is 25.0 Å². The maximum Gasteiger partial charge on any atom is 0.315 e. The van der Waals surface area contributed by atoms with Crippen molar-refractivity contribution < 1.29 is 23.6 Å². The predicted octanol–water partition coefficient (Wildman–Crippen LogP) is 2.23. The molecule has 3 N–H and O–H groups in total. The number of rotatable bonds is 7. The van der Waals surface area contributed by atoms with Gasteiger partial charge in [0.05, 0.1) is 26.8 Å². The molecule has 7 heteroatoms. The molecule has 0 spiro atoms. The van der Waals surface area contributed by atoms with Crippen molar-refractivity contribution >= 4 is 6.03 Å². The van der Waals surface area contributed by atoms with Crippen molar-refractivity contribution in [1.82, 2.24) is 10.6 Å². The molecule has 0 saturated carbocycles. The van der Waals surface area contributed by atoms with Gasteiger partial charge in [0.25, 0.3) is 0 Å². The molecule has 3 rings (SSSR count). The second-order valence-corrected chi connectivity index (χ2v) is 7.64. The number of urea groups is 1. The Hall–Kier alpha value is -2.80. The zero-order valence-corrected chi connectivity index (χ0v) is 18.0. The number of ether oxygens (including phenoxy) is 2. The predicted molar refractivity (Wildman–Crippen MR) is 114 cm³/mol. The highest BCUT2D eigenvalue weighted by Crippen LogP contribution is 2.35. The minimum Gasteiger partial charge on any atom is -0.493 e. The van der Waals surface area contributed by atoms with Gasteiger partial charge in [-0.2, -0.15) is 0 Å². The minimum absolute atomic E-state index is 0.0150. The van der Waals surface area contributed by atoms with Crippen LogP contribution in [-0.4, -0.2) is 39.4 Å². The highest BCUT2D eigenvalue weighted by Gasteiger charge is 2.37.